The number of nitrogens with zero attached hydrogens (tertiary/aromatic N) is 1. The van der Waals surface area contributed by atoms with Gasteiger partial charge in [0.05, 0.1) is 11.0 Å². The van der Waals surface area contributed by atoms with Crippen molar-refractivity contribution in [2.45, 2.75) is 26.0 Å². The molecule has 1 aromatic carbocycles. The molecule has 0 bridgehead atoms. The highest BCUT2D eigenvalue weighted by molar-refractivity contribution is 5.35. The van der Waals surface area contributed by atoms with Gasteiger partial charge in [-0.1, -0.05) is 12.1 Å². The molecule has 1 aromatic rings. The number of rotatable bonds is 5. The first-order chi connectivity index (χ1) is 7.50. The second kappa shape index (κ2) is 5.58. The van der Waals surface area contributed by atoms with Crippen molar-refractivity contribution in [3.8, 4) is 0 Å². The molecule has 0 aliphatic heterocycles. The van der Waals surface area contributed by atoms with Crippen LogP contribution in [-0.4, -0.2) is 22.7 Å². The van der Waals surface area contributed by atoms with Crippen LogP contribution in [0.4, 0.5) is 5.69 Å². The normalized spacial score (nSPS) is 14.4. The Morgan fingerprint density at radius 2 is 2.19 bits per heavy atom. The summed E-state index contributed by atoms with van der Waals surface area (Å²) in [4.78, 5) is 10.2. The summed E-state index contributed by atoms with van der Waals surface area (Å²) in [5, 5.41) is 22.8. The molecule has 2 N–H and O–H groups in total. The Morgan fingerprint density at radius 3 is 2.75 bits per heavy atom. The molecule has 0 fully saturated rings. The largest absolute Gasteiger partial charge is 0.392 e. The fourth-order valence-corrected chi connectivity index (χ4v) is 1.37. The predicted molar refractivity (Wildman–Crippen MR) is 61.2 cm³/mol. The van der Waals surface area contributed by atoms with Gasteiger partial charge in [0.25, 0.3) is 5.69 Å². The predicted octanol–water partition coefficient (Wildman–Crippen LogP) is 1.63. The van der Waals surface area contributed by atoms with Crippen LogP contribution in [0.1, 0.15) is 25.5 Å². The molecule has 0 heterocycles. The highest BCUT2D eigenvalue weighted by Crippen LogP contribution is 2.18. The minimum Gasteiger partial charge on any atom is -0.392 e. The quantitative estimate of drug-likeness (QED) is 0.588. The summed E-state index contributed by atoms with van der Waals surface area (Å²) >= 11 is 0. The zero-order valence-electron chi connectivity index (χ0n) is 9.38. The van der Waals surface area contributed by atoms with Gasteiger partial charge in [-0.25, -0.2) is 0 Å². The highest BCUT2D eigenvalue weighted by atomic mass is 16.6. The lowest BCUT2D eigenvalue weighted by Gasteiger charge is -2.15. The van der Waals surface area contributed by atoms with E-state index in [1.165, 1.54) is 6.07 Å². The van der Waals surface area contributed by atoms with Gasteiger partial charge in [-0.05, 0) is 19.4 Å². The van der Waals surface area contributed by atoms with Gasteiger partial charge in [0.1, 0.15) is 0 Å². The molecule has 1 rings (SSSR count). The first-order valence-electron chi connectivity index (χ1n) is 5.16. The first-order valence-corrected chi connectivity index (χ1v) is 5.16. The summed E-state index contributed by atoms with van der Waals surface area (Å²) in [6.07, 6.45) is -0.429. The number of nitrogens with one attached hydrogen (secondary N) is 1. The van der Waals surface area contributed by atoms with E-state index in [0.29, 0.717) is 6.54 Å². The monoisotopic (exact) mass is 224 g/mol. The van der Waals surface area contributed by atoms with Crippen LogP contribution < -0.4 is 5.32 Å². The molecule has 16 heavy (non-hydrogen) atoms. The topological polar surface area (TPSA) is 75.4 Å². The van der Waals surface area contributed by atoms with Crippen molar-refractivity contribution in [3.05, 3.63) is 39.9 Å². The number of hydrogen-bond donors (Lipinski definition) is 2. The van der Waals surface area contributed by atoms with Crippen molar-refractivity contribution >= 4 is 5.69 Å². The second-order valence-electron chi connectivity index (χ2n) is 3.83. The van der Waals surface area contributed by atoms with Crippen LogP contribution in [0.2, 0.25) is 0 Å². The third-order valence-electron chi connectivity index (χ3n) is 2.30. The van der Waals surface area contributed by atoms with Gasteiger partial charge >= 0.3 is 0 Å². The third-order valence-corrected chi connectivity index (χ3v) is 2.30. The lowest BCUT2D eigenvalue weighted by atomic mass is 10.1. The van der Waals surface area contributed by atoms with Gasteiger partial charge in [0.2, 0.25) is 0 Å². The third kappa shape index (κ3) is 3.60. The van der Waals surface area contributed by atoms with E-state index in [1.807, 2.05) is 13.0 Å². The molecule has 0 saturated carbocycles. The summed E-state index contributed by atoms with van der Waals surface area (Å²) in [7, 11) is 0. The van der Waals surface area contributed by atoms with Crippen LogP contribution in [0.25, 0.3) is 0 Å². The molecule has 0 aliphatic carbocycles. The Hall–Kier alpha value is -1.46. The molecule has 88 valence electrons. The fraction of sp³-hybridized carbons (Fsp3) is 0.455. The van der Waals surface area contributed by atoms with Gasteiger partial charge in [0, 0.05) is 24.7 Å². The maximum atomic E-state index is 10.6. The van der Waals surface area contributed by atoms with Gasteiger partial charge in [-0.2, -0.15) is 0 Å². The summed E-state index contributed by atoms with van der Waals surface area (Å²) in [5.41, 5.74) is 0.929. The van der Waals surface area contributed by atoms with Crippen LogP contribution in [0.3, 0.4) is 0 Å². The van der Waals surface area contributed by atoms with Crippen molar-refractivity contribution in [3.63, 3.8) is 0 Å². The number of aliphatic hydroxyl groups excluding tert-OH is 1. The Bertz CT molecular complexity index is 366. The zero-order valence-corrected chi connectivity index (χ0v) is 9.38. The van der Waals surface area contributed by atoms with Gasteiger partial charge in [-0.3, -0.25) is 10.1 Å². The Kier molecular flexibility index (Phi) is 4.39. The lowest BCUT2D eigenvalue weighted by molar-refractivity contribution is -0.384. The highest BCUT2D eigenvalue weighted by Gasteiger charge is 2.10. The summed E-state index contributed by atoms with van der Waals surface area (Å²) in [5.74, 6) is 0. The smallest absolute Gasteiger partial charge is 0.269 e. The van der Waals surface area contributed by atoms with E-state index >= 15 is 0 Å². The van der Waals surface area contributed by atoms with Gasteiger partial charge in [-0.15, -0.1) is 0 Å². The standard InChI is InChI=1S/C11H16N2O3/c1-8(14)7-12-9(2)10-4-3-5-11(6-10)13(15)16/h3-6,8-9,12,14H,7H2,1-2H3/t8-,9?/m0/s1. The lowest BCUT2D eigenvalue weighted by Crippen LogP contribution is -2.27. The number of nitro benzene ring substituents is 1. The second-order valence-corrected chi connectivity index (χ2v) is 3.83. The van der Waals surface area contributed by atoms with Crippen molar-refractivity contribution < 1.29 is 10.0 Å². The van der Waals surface area contributed by atoms with Crippen LogP contribution in [0.15, 0.2) is 24.3 Å². The van der Waals surface area contributed by atoms with Crippen LogP contribution in [0.5, 0.6) is 0 Å². The molecule has 0 saturated heterocycles. The molecule has 1 unspecified atom stereocenters. The maximum Gasteiger partial charge on any atom is 0.269 e. The van der Waals surface area contributed by atoms with E-state index in [9.17, 15) is 10.1 Å². The number of benzene rings is 1. The molecular formula is C11H16N2O3. The molecular weight excluding hydrogens is 208 g/mol. The molecule has 5 heteroatoms. The van der Waals surface area contributed by atoms with Crippen LogP contribution >= 0.6 is 0 Å². The molecule has 0 amide bonds. The maximum absolute atomic E-state index is 10.6. The Labute approximate surface area is 94.3 Å². The van der Waals surface area contributed by atoms with Crippen LogP contribution in [0, 0.1) is 10.1 Å². The molecule has 0 spiro atoms. The van der Waals surface area contributed by atoms with E-state index in [1.54, 1.807) is 19.1 Å². The summed E-state index contributed by atoms with van der Waals surface area (Å²) in [6.45, 7) is 4.05. The van der Waals surface area contributed by atoms with E-state index in [4.69, 9.17) is 5.11 Å². The van der Waals surface area contributed by atoms with Crippen molar-refractivity contribution in [2.24, 2.45) is 0 Å². The molecule has 0 aromatic heterocycles. The van der Waals surface area contributed by atoms with E-state index < -0.39 is 11.0 Å². The molecule has 0 radical (unpaired) electrons. The minimum absolute atomic E-state index is 0.0190. The fourth-order valence-electron chi connectivity index (χ4n) is 1.37. The molecule has 0 aliphatic rings. The van der Waals surface area contributed by atoms with Crippen molar-refractivity contribution in [1.29, 1.82) is 0 Å². The SMILES string of the molecule is CC(NC[C@H](C)O)c1cccc([N+](=O)[O-])c1. The number of aliphatic hydroxyl groups is 1. The summed E-state index contributed by atoms with van der Waals surface area (Å²) in [6, 6.07) is 6.47. The number of hydrogen-bond acceptors (Lipinski definition) is 4. The zero-order chi connectivity index (χ0) is 12.1. The molecule has 5 nitrogen and oxygen atoms in total. The number of nitro groups is 1. The van der Waals surface area contributed by atoms with E-state index in [-0.39, 0.29) is 11.7 Å². The molecule has 2 atom stereocenters. The van der Waals surface area contributed by atoms with Crippen LogP contribution in [-0.2, 0) is 0 Å². The van der Waals surface area contributed by atoms with Crippen molar-refractivity contribution in [1.82, 2.24) is 5.32 Å². The Morgan fingerprint density at radius 1 is 1.50 bits per heavy atom. The summed E-state index contributed by atoms with van der Waals surface area (Å²) < 4.78 is 0. The van der Waals surface area contributed by atoms with E-state index in [0.717, 1.165) is 5.56 Å². The van der Waals surface area contributed by atoms with E-state index in [2.05, 4.69) is 5.32 Å². The average molecular weight is 224 g/mol. The van der Waals surface area contributed by atoms with Gasteiger partial charge < -0.3 is 10.4 Å². The van der Waals surface area contributed by atoms with Crippen molar-refractivity contribution in [2.75, 3.05) is 6.54 Å². The van der Waals surface area contributed by atoms with Gasteiger partial charge in [0.15, 0.2) is 0 Å². The Balaban J connectivity index is 2.71. The average Bonchev–Trinajstić information content (AvgIpc) is 2.26. The number of non-ortho nitro benzene ring substituents is 1. The minimum atomic E-state index is -0.429. The first kappa shape index (κ1) is 12.6.